The van der Waals surface area contributed by atoms with E-state index in [-0.39, 0.29) is 80.0 Å². The number of amides is 17. The molecule has 0 aliphatic carbocycles. The minimum absolute atomic E-state index is 0.0245. The molecule has 0 unspecified atom stereocenters. The first-order chi connectivity index (χ1) is 58.6. The zero-order valence-electron chi connectivity index (χ0n) is 71.8. The number of nitrogens with two attached hydrogens (primary N) is 2. The van der Waals surface area contributed by atoms with Crippen molar-refractivity contribution >= 4 is 123 Å². The molecule has 3 heterocycles. The van der Waals surface area contributed by atoms with Gasteiger partial charge >= 0.3 is 12.1 Å². The number of aliphatic hydroxyl groups excluding tert-OH is 1. The van der Waals surface area contributed by atoms with Crippen molar-refractivity contribution in [2.45, 2.75) is 191 Å². The second-order valence-corrected chi connectivity index (χ2v) is 29.3. The van der Waals surface area contributed by atoms with E-state index in [9.17, 15) is 49.6 Å². The van der Waals surface area contributed by atoms with Gasteiger partial charge in [-0.25, -0.2) is 9.59 Å². The lowest BCUT2D eigenvalue weighted by Gasteiger charge is -2.31. The number of primary amides is 2. The minimum atomic E-state index is -3.77. The van der Waals surface area contributed by atoms with Crippen LogP contribution in [0.3, 0.4) is 0 Å². The van der Waals surface area contributed by atoms with Crippen LogP contribution in [0.2, 0.25) is 5.02 Å². The molecule has 624 valence electrons. The lowest BCUT2D eigenvalue weighted by atomic mass is 9.99. The number of imide groups is 1. The number of halogens is 1. The van der Waals surface area contributed by atoms with Crippen molar-refractivity contribution < 1.29 is 86.6 Å². The fraction of sp³-hybridized carbons (Fsp3) is 0.415. The summed E-state index contributed by atoms with van der Waals surface area (Å²) in [5, 5.41) is 48.7. The van der Waals surface area contributed by atoms with E-state index in [0.29, 0.717) is 34.7 Å². The molecule has 35 heteroatoms. The molecule has 0 radical (unpaired) electrons. The summed E-state index contributed by atoms with van der Waals surface area (Å²) >= 11 is 6.26. The summed E-state index contributed by atoms with van der Waals surface area (Å²) in [6, 6.07) is 13.0. The van der Waals surface area contributed by atoms with Crippen molar-refractivity contribution in [2.75, 3.05) is 30.3 Å². The van der Waals surface area contributed by atoms with E-state index < -0.39 is 207 Å². The highest BCUT2D eigenvalue weighted by Crippen LogP contribution is 2.24. The maximum absolute atomic E-state index is 15.6. The molecule has 11 atom stereocenters. The van der Waals surface area contributed by atoms with Gasteiger partial charge in [-0.3, -0.25) is 72.6 Å². The molecule has 6 aromatic rings. The molecular formula is C82H103ClN18O16. The Morgan fingerprint density at radius 2 is 1.07 bits per heavy atom. The Bertz CT molecular complexity index is 4820. The number of unbranched alkanes of at least 4 members (excludes halogenated alkanes) is 1. The number of carbonyl (C=O) groups excluding carboxylic acids is 15. The van der Waals surface area contributed by atoms with Gasteiger partial charge in [-0.05, 0) is 139 Å². The van der Waals surface area contributed by atoms with Gasteiger partial charge in [-0.1, -0.05) is 124 Å². The fourth-order valence-electron chi connectivity index (χ4n) is 13.1. The number of pyridine rings is 1. The first kappa shape index (κ1) is 79.8. The number of fused-ring (bicyclic) bond motifs is 1. The van der Waals surface area contributed by atoms with Crippen LogP contribution in [0.15, 0.2) is 140 Å². The third-order valence-corrected chi connectivity index (χ3v) is 19.4. The zero-order valence-corrected chi connectivity index (χ0v) is 65.6. The van der Waals surface area contributed by atoms with Gasteiger partial charge in [0.2, 0.25) is 76.8 Å². The van der Waals surface area contributed by atoms with Crippen molar-refractivity contribution in [3.8, 4) is 0 Å². The van der Waals surface area contributed by atoms with E-state index in [1.807, 2.05) is 55.6 Å². The summed E-state index contributed by atoms with van der Waals surface area (Å²) in [6.45, 7) is -2.11. The number of nitrogens with one attached hydrogen (secondary N) is 14. The number of nitrogens with zero attached hydrogens (tertiary/aromatic N) is 2. The number of anilines is 2. The predicted octanol–water partition coefficient (Wildman–Crippen LogP) is 1.51. The summed E-state index contributed by atoms with van der Waals surface area (Å²) in [4.78, 5) is 215. The maximum Gasteiger partial charge on any atom is 0.322 e. The van der Waals surface area contributed by atoms with Crippen LogP contribution in [0, 0.1) is 5.89 Å². The van der Waals surface area contributed by atoms with Crippen molar-refractivity contribution in [1.82, 2.24) is 73.7 Å². The van der Waals surface area contributed by atoms with Crippen LogP contribution in [-0.2, 0) is 94.4 Å². The van der Waals surface area contributed by atoms with Crippen molar-refractivity contribution in [1.29, 1.82) is 0 Å². The largest absolute Gasteiger partial charge is 0.394 e. The summed E-state index contributed by atoms with van der Waals surface area (Å²) in [5.41, 5.74) is 12.8. The number of benzene rings is 5. The van der Waals surface area contributed by atoms with Gasteiger partial charge in [0.1, 0.15) is 66.5 Å². The van der Waals surface area contributed by atoms with E-state index in [1.165, 1.54) is 80.8 Å². The van der Waals surface area contributed by atoms with Crippen LogP contribution >= 0.6 is 11.6 Å². The second-order valence-electron chi connectivity index (χ2n) is 28.8. The van der Waals surface area contributed by atoms with Gasteiger partial charge in [0.15, 0.2) is 0 Å². The molecule has 1 aromatic heterocycles. The molecule has 2 aliphatic heterocycles. The van der Waals surface area contributed by atoms with Gasteiger partial charge in [0, 0.05) is 90.0 Å². The van der Waals surface area contributed by atoms with Crippen LogP contribution in [0.4, 0.5) is 21.0 Å². The first-order valence-corrected chi connectivity index (χ1v) is 38.4. The molecule has 0 saturated carbocycles. The number of hydrogen-bond acceptors (Lipinski definition) is 18. The normalized spacial score (nSPS) is 17.3. The molecule has 5 aromatic carbocycles. The van der Waals surface area contributed by atoms with Crippen LogP contribution in [0.1, 0.15) is 124 Å². The molecular weight excluding hydrogens is 1530 g/mol. The highest BCUT2D eigenvalue weighted by atomic mass is 35.5. The molecule has 2 aliphatic rings. The standard InChI is InChI=1S/C82H103ClN18O16/c1-45(2)35-60(72(107)92-59(16-9-10-33-87-46(3)4)80(115)101-34-12-17-68(101)79(114)88-47(5)70(84)105)93-74(109)63(38-51-23-30-58(31-24-51)91-81(85)116)95-76(111)64(39-50-21-28-57(29-22-50)90-71(106)66-42-69(104)100-82(117)99-66)97-78(113)67(44-102)98-77(112)65(41-53-13-11-32-86-43-53)96-75(110)62(37-49-19-26-56(83)27-20-49)94-73(108)61(89-48(6)103)40-52-18-25-54-14-7-8-15-55(54)36-52/h7-8,11,13-15,18-32,36,43,45-47,59-68,87,102H,9-10,12,16-17,33-35,37-42,44H2,1-6H3,(H2,84,105)(H,88,114)(H,89,103)(H,90,106)(H,92,107)(H,93,109)(H,94,108)(H,95,111)(H,96,110)(H,97,113)(H,98,112)(H3,85,91,116)(H2,99,100,104,117)/t47-,59+,60+,61-,62-,63-,64+,65-,66+,67+,68+/m1/s1/i1D3,2D3,45D. The van der Waals surface area contributed by atoms with Gasteiger partial charge in [-0.2, -0.15) is 0 Å². The third kappa shape index (κ3) is 28.5. The van der Waals surface area contributed by atoms with E-state index in [2.05, 4.69) is 74.1 Å². The Kier molecular flexibility index (Phi) is 29.9. The van der Waals surface area contributed by atoms with E-state index in [1.54, 1.807) is 36.4 Å². The van der Waals surface area contributed by atoms with E-state index in [0.717, 1.165) is 15.7 Å². The number of urea groups is 2. The lowest BCUT2D eigenvalue weighted by molar-refractivity contribution is -0.142. The van der Waals surface area contributed by atoms with Gasteiger partial charge in [0.25, 0.3) is 0 Å². The minimum Gasteiger partial charge on any atom is -0.394 e. The lowest BCUT2D eigenvalue weighted by Crippen LogP contribution is -2.62. The molecule has 19 N–H and O–H groups in total. The van der Waals surface area contributed by atoms with Crippen molar-refractivity contribution in [3.63, 3.8) is 0 Å². The first-order valence-electron chi connectivity index (χ1n) is 41.5. The number of aliphatic hydroxyl groups is 1. The van der Waals surface area contributed by atoms with Crippen molar-refractivity contribution in [2.24, 2.45) is 17.4 Å². The summed E-state index contributed by atoms with van der Waals surface area (Å²) < 4.78 is 59.8. The quantitative estimate of drug-likeness (QED) is 0.0242. The number of rotatable bonds is 41. The average molecular weight is 1640 g/mol. The molecule has 8 rings (SSSR count). The van der Waals surface area contributed by atoms with E-state index >= 15 is 28.8 Å². The Labute approximate surface area is 691 Å². The number of hydrogen-bond donors (Lipinski definition) is 17. The fourth-order valence-corrected chi connectivity index (χ4v) is 13.2. The van der Waals surface area contributed by atoms with Gasteiger partial charge < -0.3 is 90.6 Å². The van der Waals surface area contributed by atoms with Crippen LogP contribution in [0.25, 0.3) is 10.8 Å². The monoisotopic (exact) mass is 1640 g/mol. The molecule has 17 amide bonds. The smallest absolute Gasteiger partial charge is 0.322 e. The summed E-state index contributed by atoms with van der Waals surface area (Å²) in [7, 11) is 0. The van der Waals surface area contributed by atoms with E-state index in [4.69, 9.17) is 31.3 Å². The van der Waals surface area contributed by atoms with Crippen molar-refractivity contribution in [3.05, 3.63) is 173 Å². The number of aromatic nitrogens is 1. The number of likely N-dealkylation sites (tertiary alicyclic amines) is 1. The topological polar surface area (TPSA) is 513 Å². The third-order valence-electron chi connectivity index (χ3n) is 19.1. The maximum atomic E-state index is 15.6. The molecule has 2 fully saturated rings. The van der Waals surface area contributed by atoms with Gasteiger partial charge in [0.05, 0.1) is 13.0 Å². The second kappa shape index (κ2) is 43.9. The summed E-state index contributed by atoms with van der Waals surface area (Å²) in [5.74, 6) is -16.6. The zero-order chi connectivity index (χ0) is 90.9. The molecule has 34 nitrogen and oxygen atoms in total. The Morgan fingerprint density at radius 1 is 0.573 bits per heavy atom. The SMILES string of the molecule is [2H]C([2H])([2H])C([2H])(C[C@H](NC(=O)[C@@H](Cc1ccc(NC(N)=O)cc1)NC(=O)[C@H](Cc1ccc(NC(=O)[C@@H]2CC(=O)NC(=O)N2)cc1)NC(=O)[C@H](CO)NC(=O)[C@@H](Cc1cccnc1)NC(=O)[C@@H](Cc1ccc(Cl)cc1)NC(=O)[C@@H](Cc1ccc2ccccc2c1)NC(C)=O)C(=O)N[C@@H](CCCCNC(C)C)C(=O)N1CCC[C@H]1C(=O)N[C@H](C)C(N)=O)C([2H])([2H])[2H]. The van der Waals surface area contributed by atoms with Crippen LogP contribution in [0.5, 0.6) is 0 Å². The average Bonchev–Trinajstić information content (AvgIpc) is 0.775. The Hall–Kier alpha value is -12.4. The highest BCUT2D eigenvalue weighted by molar-refractivity contribution is 6.30. The molecule has 0 spiro atoms. The summed E-state index contributed by atoms with van der Waals surface area (Å²) in [6.07, 6.45) is -0.276. The Morgan fingerprint density at radius 3 is 1.59 bits per heavy atom. The highest BCUT2D eigenvalue weighted by Gasteiger charge is 2.41. The van der Waals surface area contributed by atoms with Gasteiger partial charge in [-0.15, -0.1) is 0 Å². The number of carbonyl (C=O) groups is 15. The van der Waals surface area contributed by atoms with Crippen LogP contribution in [-0.4, -0.2) is 196 Å². The molecule has 117 heavy (non-hydrogen) atoms. The molecule has 2 saturated heterocycles. The molecule has 0 bridgehead atoms. The predicted molar refractivity (Wildman–Crippen MR) is 434 cm³/mol. The van der Waals surface area contributed by atoms with Crippen LogP contribution < -0.4 is 85.9 Å². The Balaban J connectivity index is 1.15.